The number of hydrogen-bond acceptors (Lipinski definition) is 1. The van der Waals surface area contributed by atoms with Crippen LogP contribution in [0.1, 0.15) is 25.3 Å². The molecule has 0 spiro atoms. The third kappa shape index (κ3) is 2.31. The Morgan fingerprint density at radius 2 is 2.00 bits per heavy atom. The molecule has 0 N–H and O–H groups in total. The largest absolute Gasteiger partial charge is 0.239 e. The maximum absolute atomic E-state index is 14.0. The average molecular weight is 273 g/mol. The predicted molar refractivity (Wildman–Crippen MR) is 67.6 cm³/mol. The maximum Gasteiger partial charge on any atom is 0.147 e. The number of nitrogens with zero attached hydrogens (tertiary/aromatic N) is 2. The molecule has 2 nitrogen and oxygen atoms in total. The Morgan fingerprint density at radius 3 is 2.53 bits per heavy atom. The van der Waals surface area contributed by atoms with Crippen molar-refractivity contribution in [2.75, 3.05) is 0 Å². The van der Waals surface area contributed by atoms with E-state index in [9.17, 15) is 4.39 Å². The van der Waals surface area contributed by atoms with Crippen LogP contribution in [-0.2, 0) is 0 Å². The molecule has 1 aromatic carbocycles. The van der Waals surface area contributed by atoms with Crippen LogP contribution in [0, 0.1) is 5.82 Å². The van der Waals surface area contributed by atoms with Crippen molar-refractivity contribution in [3.8, 4) is 5.69 Å². The van der Waals surface area contributed by atoms with Gasteiger partial charge < -0.3 is 0 Å². The molecule has 0 unspecified atom stereocenters. The van der Waals surface area contributed by atoms with Crippen molar-refractivity contribution in [3.63, 3.8) is 0 Å². The summed E-state index contributed by atoms with van der Waals surface area (Å²) in [4.78, 5) is 0. The zero-order chi connectivity index (χ0) is 12.6. The van der Waals surface area contributed by atoms with Crippen molar-refractivity contribution in [1.29, 1.82) is 0 Å². The smallest absolute Gasteiger partial charge is 0.147 e. The Morgan fingerprint density at radius 1 is 1.29 bits per heavy atom. The molecule has 0 radical (unpaired) electrons. The summed E-state index contributed by atoms with van der Waals surface area (Å²) in [6, 6.07) is 3.26. The van der Waals surface area contributed by atoms with Crippen LogP contribution < -0.4 is 0 Å². The summed E-state index contributed by atoms with van der Waals surface area (Å²) in [6.45, 7) is 3.81. The Hall–Kier alpha value is -1.06. The van der Waals surface area contributed by atoms with Gasteiger partial charge in [0, 0.05) is 11.8 Å². The highest BCUT2D eigenvalue weighted by atomic mass is 35.5. The minimum Gasteiger partial charge on any atom is -0.239 e. The fourth-order valence-corrected chi connectivity index (χ4v) is 2.04. The van der Waals surface area contributed by atoms with E-state index in [1.807, 2.05) is 13.8 Å². The summed E-state index contributed by atoms with van der Waals surface area (Å²) in [5.74, 6) is -0.391. The summed E-state index contributed by atoms with van der Waals surface area (Å²) in [5, 5.41) is 4.71. The molecular weight excluding hydrogens is 262 g/mol. The van der Waals surface area contributed by atoms with Crippen LogP contribution in [0.3, 0.4) is 0 Å². The first-order valence-corrected chi connectivity index (χ1v) is 5.94. The summed E-state index contributed by atoms with van der Waals surface area (Å²) in [5.41, 5.74) is 1.20. The van der Waals surface area contributed by atoms with Crippen molar-refractivity contribution in [2.45, 2.75) is 19.8 Å². The van der Waals surface area contributed by atoms with Crippen molar-refractivity contribution in [2.24, 2.45) is 0 Å². The quantitative estimate of drug-likeness (QED) is 0.790. The van der Waals surface area contributed by atoms with E-state index in [1.165, 1.54) is 12.3 Å². The molecule has 0 fully saturated rings. The van der Waals surface area contributed by atoms with Gasteiger partial charge in [-0.15, -0.1) is 0 Å². The lowest BCUT2D eigenvalue weighted by Crippen LogP contribution is -2.05. The van der Waals surface area contributed by atoms with Crippen molar-refractivity contribution < 1.29 is 4.39 Å². The first kappa shape index (κ1) is 12.4. The minimum atomic E-state index is -0.397. The molecule has 2 aromatic rings. The lowest BCUT2D eigenvalue weighted by Gasteiger charge is -2.14. The summed E-state index contributed by atoms with van der Waals surface area (Å²) >= 11 is 11.6. The monoisotopic (exact) mass is 272 g/mol. The van der Waals surface area contributed by atoms with Crippen molar-refractivity contribution in [1.82, 2.24) is 9.78 Å². The van der Waals surface area contributed by atoms with Gasteiger partial charge in [0.25, 0.3) is 0 Å². The molecule has 0 aliphatic rings. The molecule has 5 heteroatoms. The number of hydrogen-bond donors (Lipinski definition) is 0. The van der Waals surface area contributed by atoms with E-state index < -0.39 is 5.82 Å². The predicted octanol–water partition coefficient (Wildman–Crippen LogP) is 4.44. The second-order valence-corrected chi connectivity index (χ2v) is 4.90. The molecule has 1 aromatic heterocycles. The third-order valence-electron chi connectivity index (χ3n) is 2.48. The number of benzene rings is 1. The topological polar surface area (TPSA) is 17.8 Å². The van der Waals surface area contributed by atoms with Gasteiger partial charge in [-0.1, -0.05) is 37.0 Å². The third-order valence-corrected chi connectivity index (χ3v) is 2.97. The summed E-state index contributed by atoms with van der Waals surface area (Å²) in [6.07, 6.45) is 3.15. The van der Waals surface area contributed by atoms with Crippen molar-refractivity contribution in [3.05, 3.63) is 46.0 Å². The van der Waals surface area contributed by atoms with E-state index in [0.717, 1.165) is 0 Å². The highest BCUT2D eigenvalue weighted by Crippen LogP contribution is 2.30. The Labute approximate surface area is 109 Å². The molecule has 1 heterocycles. The van der Waals surface area contributed by atoms with Crippen LogP contribution in [-0.4, -0.2) is 9.78 Å². The normalized spacial score (nSPS) is 11.2. The second-order valence-electron chi connectivity index (χ2n) is 4.05. The van der Waals surface area contributed by atoms with Gasteiger partial charge in [-0.25, -0.2) is 9.07 Å². The van der Waals surface area contributed by atoms with Crippen LogP contribution in [0.25, 0.3) is 5.69 Å². The Bertz CT molecular complexity index is 549. The van der Waals surface area contributed by atoms with Gasteiger partial charge in [0.05, 0.1) is 21.9 Å². The molecule has 0 aliphatic heterocycles. The number of halogens is 3. The van der Waals surface area contributed by atoms with Crippen LogP contribution in [0.2, 0.25) is 10.0 Å². The van der Waals surface area contributed by atoms with Crippen LogP contribution in [0.4, 0.5) is 4.39 Å². The van der Waals surface area contributed by atoms with E-state index in [-0.39, 0.29) is 10.9 Å². The highest BCUT2D eigenvalue weighted by Gasteiger charge is 2.17. The van der Waals surface area contributed by atoms with Crippen LogP contribution in [0.5, 0.6) is 0 Å². The van der Waals surface area contributed by atoms with Crippen LogP contribution in [0.15, 0.2) is 24.5 Å². The number of rotatable bonds is 2. The maximum atomic E-state index is 14.0. The first-order chi connectivity index (χ1) is 8.00. The molecule has 90 valence electrons. The molecule has 0 atom stereocenters. The lowest BCUT2D eigenvalue weighted by molar-refractivity contribution is 0.594. The molecule has 2 rings (SSSR count). The first-order valence-electron chi connectivity index (χ1n) is 5.19. The van der Waals surface area contributed by atoms with Gasteiger partial charge in [-0.3, -0.25) is 0 Å². The van der Waals surface area contributed by atoms with E-state index in [4.69, 9.17) is 23.2 Å². The van der Waals surface area contributed by atoms with E-state index in [0.29, 0.717) is 16.3 Å². The lowest BCUT2D eigenvalue weighted by atomic mass is 10.0. The Kier molecular flexibility index (Phi) is 3.40. The molecule has 0 bridgehead atoms. The average Bonchev–Trinajstić information content (AvgIpc) is 2.68. The van der Waals surface area contributed by atoms with Gasteiger partial charge >= 0.3 is 0 Å². The Balaban J connectivity index is 2.65. The zero-order valence-corrected chi connectivity index (χ0v) is 10.9. The van der Waals surface area contributed by atoms with Gasteiger partial charge in [-0.05, 0) is 18.1 Å². The zero-order valence-electron chi connectivity index (χ0n) is 9.42. The molecule has 0 amide bonds. The van der Waals surface area contributed by atoms with Crippen molar-refractivity contribution >= 4 is 23.2 Å². The SMILES string of the molecule is CC(C)c1c(-n2cc(Cl)cn2)ccc(Cl)c1F. The standard InChI is InChI=1S/C12H11Cl2FN2/c1-7(2)11-10(4-3-9(14)12(11)15)17-6-8(13)5-16-17/h3-7H,1-2H3. The van der Waals surface area contributed by atoms with E-state index in [2.05, 4.69) is 5.10 Å². The van der Waals surface area contributed by atoms with Gasteiger partial charge in [0.2, 0.25) is 0 Å². The van der Waals surface area contributed by atoms with Gasteiger partial charge in [-0.2, -0.15) is 5.10 Å². The molecule has 0 aliphatic carbocycles. The van der Waals surface area contributed by atoms with Crippen LogP contribution >= 0.6 is 23.2 Å². The molecule has 17 heavy (non-hydrogen) atoms. The van der Waals surface area contributed by atoms with Gasteiger partial charge in [0.15, 0.2) is 0 Å². The fourth-order valence-electron chi connectivity index (χ4n) is 1.74. The second kappa shape index (κ2) is 4.67. The van der Waals surface area contributed by atoms with E-state index in [1.54, 1.807) is 16.9 Å². The molecular formula is C12H11Cl2FN2. The summed E-state index contributed by atoms with van der Waals surface area (Å²) in [7, 11) is 0. The van der Waals surface area contributed by atoms with E-state index >= 15 is 0 Å². The minimum absolute atomic E-state index is 0.00618. The van der Waals surface area contributed by atoms with Gasteiger partial charge in [0.1, 0.15) is 5.82 Å². The molecule has 0 saturated carbocycles. The molecule has 0 saturated heterocycles. The summed E-state index contributed by atoms with van der Waals surface area (Å²) < 4.78 is 15.6. The fraction of sp³-hybridized carbons (Fsp3) is 0.250. The number of aromatic nitrogens is 2. The highest BCUT2D eigenvalue weighted by molar-refractivity contribution is 6.31.